The monoisotopic (exact) mass is 319 g/mol. The number of carbonyl (C=O) groups is 2. The quantitative estimate of drug-likeness (QED) is 0.854. The van der Waals surface area contributed by atoms with E-state index in [1.807, 2.05) is 24.3 Å². The normalized spacial score (nSPS) is 19.1. The van der Waals surface area contributed by atoms with Crippen LogP contribution in [0, 0.1) is 0 Å². The number of likely N-dealkylation sites (tertiary alicyclic amines) is 1. The fourth-order valence-corrected chi connectivity index (χ4v) is 2.87. The molecule has 1 aromatic rings. The van der Waals surface area contributed by atoms with Crippen molar-refractivity contribution in [3.8, 4) is 5.75 Å². The minimum absolute atomic E-state index is 0.0229. The molecule has 0 radical (unpaired) electrons. The van der Waals surface area contributed by atoms with Crippen LogP contribution in [0.1, 0.15) is 37.8 Å². The first-order valence-corrected chi connectivity index (χ1v) is 7.94. The molecule has 6 heteroatoms. The van der Waals surface area contributed by atoms with Gasteiger partial charge in [0.05, 0.1) is 19.6 Å². The van der Waals surface area contributed by atoms with Crippen LogP contribution in [0.2, 0.25) is 0 Å². The molecule has 0 aromatic heterocycles. The first kappa shape index (κ1) is 17.3. The summed E-state index contributed by atoms with van der Waals surface area (Å²) >= 11 is 0. The van der Waals surface area contributed by atoms with Crippen molar-refractivity contribution in [2.75, 3.05) is 20.2 Å². The number of carbonyl (C=O) groups excluding carboxylic acids is 2. The van der Waals surface area contributed by atoms with Crippen molar-refractivity contribution in [1.29, 1.82) is 0 Å². The summed E-state index contributed by atoms with van der Waals surface area (Å²) < 4.78 is 5.14. The zero-order chi connectivity index (χ0) is 16.8. The van der Waals surface area contributed by atoms with E-state index in [0.29, 0.717) is 6.54 Å². The highest BCUT2D eigenvalue weighted by atomic mass is 16.5. The number of amides is 2. The Kier molecular flexibility index (Phi) is 5.98. The predicted molar refractivity (Wildman–Crippen MR) is 88.0 cm³/mol. The topological polar surface area (TPSA) is 84.7 Å². The Balaban J connectivity index is 2.08. The average Bonchev–Trinajstić information content (AvgIpc) is 2.54. The molecule has 3 N–H and O–H groups in total. The number of hydrogen-bond donors (Lipinski definition) is 2. The van der Waals surface area contributed by atoms with Gasteiger partial charge in [0.25, 0.3) is 0 Å². The number of ether oxygens (including phenoxy) is 1. The molecule has 6 nitrogen and oxygen atoms in total. The molecule has 0 spiro atoms. The van der Waals surface area contributed by atoms with Gasteiger partial charge in [-0.3, -0.25) is 9.59 Å². The van der Waals surface area contributed by atoms with E-state index in [9.17, 15) is 9.59 Å². The summed E-state index contributed by atoms with van der Waals surface area (Å²) in [6, 6.07) is 7.09. The smallest absolute Gasteiger partial charge is 0.225 e. The Morgan fingerprint density at radius 2 is 2.09 bits per heavy atom. The minimum Gasteiger partial charge on any atom is -0.497 e. The number of nitrogens with one attached hydrogen (secondary N) is 1. The summed E-state index contributed by atoms with van der Waals surface area (Å²) in [5.74, 6) is 0.604. The van der Waals surface area contributed by atoms with Crippen LogP contribution in [-0.2, 0) is 9.59 Å². The van der Waals surface area contributed by atoms with Crippen molar-refractivity contribution in [2.24, 2.45) is 5.73 Å². The molecule has 2 amide bonds. The second kappa shape index (κ2) is 7.97. The first-order valence-electron chi connectivity index (χ1n) is 7.94. The third-order valence-corrected chi connectivity index (χ3v) is 4.08. The lowest BCUT2D eigenvalue weighted by molar-refractivity contribution is -0.133. The molecule has 1 aromatic carbocycles. The van der Waals surface area contributed by atoms with E-state index in [2.05, 4.69) is 5.32 Å². The molecule has 126 valence electrons. The van der Waals surface area contributed by atoms with E-state index in [0.717, 1.165) is 30.7 Å². The van der Waals surface area contributed by atoms with Gasteiger partial charge < -0.3 is 20.7 Å². The van der Waals surface area contributed by atoms with Crippen LogP contribution in [0.15, 0.2) is 24.3 Å². The van der Waals surface area contributed by atoms with E-state index in [1.165, 1.54) is 6.92 Å². The number of rotatable bonds is 5. The van der Waals surface area contributed by atoms with Crippen molar-refractivity contribution in [3.05, 3.63) is 29.8 Å². The molecule has 1 aliphatic heterocycles. The van der Waals surface area contributed by atoms with Gasteiger partial charge in [0, 0.05) is 26.1 Å². The van der Waals surface area contributed by atoms with Gasteiger partial charge >= 0.3 is 0 Å². The third kappa shape index (κ3) is 4.96. The Morgan fingerprint density at radius 3 is 2.65 bits per heavy atom. The predicted octanol–water partition coefficient (Wildman–Crippen LogP) is 1.21. The van der Waals surface area contributed by atoms with Crippen LogP contribution in [0.3, 0.4) is 0 Å². The number of methoxy groups -OCH3 is 1. The lowest BCUT2D eigenvalue weighted by Crippen LogP contribution is -2.46. The number of hydrogen-bond acceptors (Lipinski definition) is 4. The van der Waals surface area contributed by atoms with E-state index in [4.69, 9.17) is 10.5 Å². The maximum absolute atomic E-state index is 12.5. The van der Waals surface area contributed by atoms with Gasteiger partial charge in [-0.2, -0.15) is 0 Å². The largest absolute Gasteiger partial charge is 0.497 e. The van der Waals surface area contributed by atoms with Gasteiger partial charge in [-0.1, -0.05) is 12.1 Å². The van der Waals surface area contributed by atoms with E-state index < -0.39 is 0 Å². The van der Waals surface area contributed by atoms with Gasteiger partial charge in [0.2, 0.25) is 11.8 Å². The number of nitrogens with zero attached hydrogens (tertiary/aromatic N) is 1. The molecular weight excluding hydrogens is 294 g/mol. The molecule has 1 saturated heterocycles. The van der Waals surface area contributed by atoms with Gasteiger partial charge in [0.1, 0.15) is 5.75 Å². The summed E-state index contributed by atoms with van der Waals surface area (Å²) in [5.41, 5.74) is 6.82. The van der Waals surface area contributed by atoms with Crippen LogP contribution in [0.5, 0.6) is 5.75 Å². The molecule has 2 unspecified atom stereocenters. The summed E-state index contributed by atoms with van der Waals surface area (Å²) in [7, 11) is 1.60. The van der Waals surface area contributed by atoms with Crippen LogP contribution in [-0.4, -0.2) is 43.0 Å². The van der Waals surface area contributed by atoms with Crippen molar-refractivity contribution in [2.45, 2.75) is 38.3 Å². The summed E-state index contributed by atoms with van der Waals surface area (Å²) in [6.07, 6.45) is 2.12. The number of benzene rings is 1. The highest BCUT2D eigenvalue weighted by Crippen LogP contribution is 2.22. The summed E-state index contributed by atoms with van der Waals surface area (Å²) in [5, 5.41) is 2.86. The van der Waals surface area contributed by atoms with Crippen LogP contribution < -0.4 is 15.8 Å². The maximum Gasteiger partial charge on any atom is 0.225 e. The lowest BCUT2D eigenvalue weighted by Gasteiger charge is -2.32. The Hall–Kier alpha value is -2.08. The fourth-order valence-electron chi connectivity index (χ4n) is 2.87. The van der Waals surface area contributed by atoms with Crippen LogP contribution >= 0.6 is 0 Å². The number of piperidine rings is 1. The van der Waals surface area contributed by atoms with Crippen LogP contribution in [0.25, 0.3) is 0 Å². The van der Waals surface area contributed by atoms with Crippen LogP contribution in [0.4, 0.5) is 0 Å². The summed E-state index contributed by atoms with van der Waals surface area (Å²) in [6.45, 7) is 2.79. The van der Waals surface area contributed by atoms with Crippen molar-refractivity contribution < 1.29 is 14.3 Å². The molecular formula is C17H25N3O3. The molecule has 1 aliphatic rings. The first-order chi connectivity index (χ1) is 11.0. The highest BCUT2D eigenvalue weighted by molar-refractivity contribution is 5.79. The van der Waals surface area contributed by atoms with Crippen molar-refractivity contribution >= 4 is 11.8 Å². The van der Waals surface area contributed by atoms with Gasteiger partial charge in [-0.25, -0.2) is 0 Å². The fraction of sp³-hybridized carbons (Fsp3) is 0.529. The Bertz CT molecular complexity index is 545. The molecule has 23 heavy (non-hydrogen) atoms. The standard InChI is InChI=1S/C17H25N3O3/c1-12(21)19-16(13-5-7-15(23-2)8-6-13)10-17(22)20-9-3-4-14(18)11-20/h5-8,14,16H,3-4,9-11,18H2,1-2H3,(H,19,21). The summed E-state index contributed by atoms with van der Waals surface area (Å²) in [4.78, 5) is 25.8. The molecule has 0 bridgehead atoms. The second-order valence-corrected chi connectivity index (χ2v) is 5.97. The number of nitrogens with two attached hydrogens (primary N) is 1. The van der Waals surface area contributed by atoms with Gasteiger partial charge in [-0.15, -0.1) is 0 Å². The molecule has 2 rings (SSSR count). The van der Waals surface area contributed by atoms with Crippen molar-refractivity contribution in [1.82, 2.24) is 10.2 Å². The van der Waals surface area contributed by atoms with E-state index in [1.54, 1.807) is 12.0 Å². The third-order valence-electron chi connectivity index (χ3n) is 4.08. The molecule has 1 heterocycles. The van der Waals surface area contributed by atoms with Gasteiger partial charge in [-0.05, 0) is 30.5 Å². The molecule has 2 atom stereocenters. The SMILES string of the molecule is COc1ccc(C(CC(=O)N2CCCC(N)C2)NC(C)=O)cc1. The van der Waals surface area contributed by atoms with E-state index in [-0.39, 0.29) is 30.3 Å². The van der Waals surface area contributed by atoms with Crippen molar-refractivity contribution in [3.63, 3.8) is 0 Å². The minimum atomic E-state index is -0.343. The Morgan fingerprint density at radius 1 is 1.39 bits per heavy atom. The highest BCUT2D eigenvalue weighted by Gasteiger charge is 2.25. The molecule has 0 aliphatic carbocycles. The molecule has 1 fully saturated rings. The maximum atomic E-state index is 12.5. The zero-order valence-corrected chi connectivity index (χ0v) is 13.7. The van der Waals surface area contributed by atoms with E-state index >= 15 is 0 Å². The Labute approximate surface area is 137 Å². The molecule has 0 saturated carbocycles. The van der Waals surface area contributed by atoms with Gasteiger partial charge in [0.15, 0.2) is 0 Å². The zero-order valence-electron chi connectivity index (χ0n) is 13.7. The average molecular weight is 319 g/mol. The second-order valence-electron chi connectivity index (χ2n) is 5.97. The lowest BCUT2D eigenvalue weighted by atomic mass is 10.0.